The van der Waals surface area contributed by atoms with Crippen molar-refractivity contribution in [2.45, 2.75) is 6.10 Å². The number of anilines is 2. The minimum atomic E-state index is -0.705. The standard InChI is InChI=1S/C23H25N5O3/c1-27-8-10-28(11-9-27)19-12-16(17-13-24-25-14-17)6-7-18(19)26-23(29)22-15-30-20-4-2-3-5-21(20)31-22/h2-7,12-14,22H,8-11,15H2,1H3,(H,24,25)(H,26,29). The monoisotopic (exact) mass is 419 g/mol. The summed E-state index contributed by atoms with van der Waals surface area (Å²) in [5.41, 5.74) is 3.82. The smallest absolute Gasteiger partial charge is 0.269 e. The molecule has 2 aromatic carbocycles. The third-order valence-electron chi connectivity index (χ3n) is 5.73. The molecule has 8 heteroatoms. The lowest BCUT2D eigenvalue weighted by atomic mass is 10.1. The number of H-pyrrole nitrogens is 1. The molecule has 8 nitrogen and oxygen atoms in total. The average Bonchev–Trinajstić information content (AvgIpc) is 3.35. The van der Waals surface area contributed by atoms with Gasteiger partial charge in [0.05, 0.1) is 17.6 Å². The quantitative estimate of drug-likeness (QED) is 0.677. The Morgan fingerprint density at radius 1 is 1.10 bits per heavy atom. The van der Waals surface area contributed by atoms with Crippen molar-refractivity contribution >= 4 is 17.3 Å². The molecule has 2 aliphatic heterocycles. The number of nitrogens with one attached hydrogen (secondary N) is 2. The molecule has 31 heavy (non-hydrogen) atoms. The highest BCUT2D eigenvalue weighted by Crippen LogP contribution is 2.34. The number of hydrogen-bond acceptors (Lipinski definition) is 6. The summed E-state index contributed by atoms with van der Waals surface area (Å²) in [6.45, 7) is 3.91. The maximum atomic E-state index is 13.0. The van der Waals surface area contributed by atoms with Crippen molar-refractivity contribution in [1.82, 2.24) is 15.1 Å². The number of amides is 1. The number of nitrogens with zero attached hydrogens (tertiary/aromatic N) is 3. The Morgan fingerprint density at radius 2 is 1.90 bits per heavy atom. The molecule has 5 rings (SSSR count). The van der Waals surface area contributed by atoms with Gasteiger partial charge in [-0.05, 0) is 36.9 Å². The molecule has 1 unspecified atom stereocenters. The van der Waals surface area contributed by atoms with E-state index in [4.69, 9.17) is 9.47 Å². The number of aromatic nitrogens is 2. The third-order valence-corrected chi connectivity index (χ3v) is 5.73. The summed E-state index contributed by atoms with van der Waals surface area (Å²) in [5, 5.41) is 9.99. The first-order chi connectivity index (χ1) is 15.2. The molecule has 1 amide bonds. The number of fused-ring (bicyclic) bond motifs is 1. The number of rotatable bonds is 4. The Bertz CT molecular complexity index is 1060. The third kappa shape index (κ3) is 4.06. The molecule has 160 valence electrons. The Hall–Kier alpha value is -3.52. The number of benzene rings is 2. The first-order valence-corrected chi connectivity index (χ1v) is 10.4. The van der Waals surface area contributed by atoms with Crippen molar-refractivity contribution in [3.05, 3.63) is 54.9 Å². The lowest BCUT2D eigenvalue weighted by Gasteiger charge is -2.35. The van der Waals surface area contributed by atoms with Gasteiger partial charge in [-0.15, -0.1) is 0 Å². The highest BCUT2D eigenvalue weighted by atomic mass is 16.6. The predicted octanol–water partition coefficient (Wildman–Crippen LogP) is 2.61. The predicted molar refractivity (Wildman–Crippen MR) is 119 cm³/mol. The summed E-state index contributed by atoms with van der Waals surface area (Å²) in [7, 11) is 2.13. The van der Waals surface area contributed by atoms with Crippen LogP contribution in [0.15, 0.2) is 54.9 Å². The fourth-order valence-corrected chi connectivity index (χ4v) is 3.90. The normalized spacial score (nSPS) is 18.6. The van der Waals surface area contributed by atoms with Gasteiger partial charge in [0.2, 0.25) is 6.10 Å². The van der Waals surface area contributed by atoms with Crippen molar-refractivity contribution in [2.24, 2.45) is 0 Å². The van der Waals surface area contributed by atoms with Crippen LogP contribution in [-0.2, 0) is 4.79 Å². The van der Waals surface area contributed by atoms with Crippen molar-refractivity contribution in [1.29, 1.82) is 0 Å². The molecule has 0 bridgehead atoms. The molecule has 2 aliphatic rings. The Balaban J connectivity index is 1.39. The van der Waals surface area contributed by atoms with Crippen molar-refractivity contribution in [3.63, 3.8) is 0 Å². The van der Waals surface area contributed by atoms with Crippen LogP contribution in [0.1, 0.15) is 0 Å². The fourth-order valence-electron chi connectivity index (χ4n) is 3.90. The van der Waals surface area contributed by atoms with E-state index in [-0.39, 0.29) is 12.5 Å². The summed E-state index contributed by atoms with van der Waals surface area (Å²) in [4.78, 5) is 17.6. The molecule has 2 N–H and O–H groups in total. The van der Waals surface area contributed by atoms with Gasteiger partial charge in [0.1, 0.15) is 6.61 Å². The van der Waals surface area contributed by atoms with E-state index in [1.807, 2.05) is 42.6 Å². The van der Waals surface area contributed by atoms with Crippen LogP contribution >= 0.6 is 0 Å². The van der Waals surface area contributed by atoms with Gasteiger partial charge in [-0.25, -0.2) is 0 Å². The lowest BCUT2D eigenvalue weighted by molar-refractivity contribution is -0.125. The Morgan fingerprint density at radius 3 is 2.68 bits per heavy atom. The first-order valence-electron chi connectivity index (χ1n) is 10.4. The van der Waals surface area contributed by atoms with Crippen LogP contribution in [0.4, 0.5) is 11.4 Å². The van der Waals surface area contributed by atoms with Crippen molar-refractivity contribution in [2.75, 3.05) is 50.1 Å². The molecule has 0 radical (unpaired) electrons. The molecule has 0 aliphatic carbocycles. The maximum absolute atomic E-state index is 13.0. The van der Waals surface area contributed by atoms with Crippen LogP contribution in [0.25, 0.3) is 11.1 Å². The molecule has 0 saturated carbocycles. The lowest BCUT2D eigenvalue weighted by Crippen LogP contribution is -2.45. The number of para-hydroxylation sites is 2. The minimum absolute atomic E-state index is 0.180. The van der Waals surface area contributed by atoms with Crippen molar-refractivity contribution in [3.8, 4) is 22.6 Å². The highest BCUT2D eigenvalue weighted by molar-refractivity contribution is 5.98. The van der Waals surface area contributed by atoms with E-state index in [0.29, 0.717) is 11.5 Å². The maximum Gasteiger partial charge on any atom is 0.269 e. The van der Waals surface area contributed by atoms with Gasteiger partial charge in [-0.2, -0.15) is 5.10 Å². The minimum Gasteiger partial charge on any atom is -0.485 e. The van der Waals surface area contributed by atoms with Crippen molar-refractivity contribution < 1.29 is 14.3 Å². The van der Waals surface area contributed by atoms with Crippen LogP contribution < -0.4 is 19.7 Å². The number of hydrogen-bond donors (Lipinski definition) is 2. The highest BCUT2D eigenvalue weighted by Gasteiger charge is 2.28. The van der Waals surface area contributed by atoms with Crippen LogP contribution in [0, 0.1) is 0 Å². The SMILES string of the molecule is CN1CCN(c2cc(-c3cn[nH]c3)ccc2NC(=O)C2COc3ccccc3O2)CC1. The van der Waals surface area contributed by atoms with Gasteiger partial charge >= 0.3 is 0 Å². The number of carbonyl (C=O) groups excluding carboxylic acids is 1. The van der Waals surface area contributed by atoms with Gasteiger partial charge < -0.3 is 24.6 Å². The van der Waals surface area contributed by atoms with Gasteiger partial charge in [-0.1, -0.05) is 18.2 Å². The average molecular weight is 419 g/mol. The molecule has 1 fully saturated rings. The van der Waals surface area contributed by atoms with Gasteiger partial charge in [0.15, 0.2) is 11.5 Å². The Kier molecular flexibility index (Phi) is 5.21. The topological polar surface area (TPSA) is 82.7 Å². The van der Waals surface area contributed by atoms with E-state index in [0.717, 1.165) is 48.7 Å². The number of likely N-dealkylation sites (N-methyl/N-ethyl adjacent to an activating group) is 1. The summed E-state index contributed by atoms with van der Waals surface area (Å²) >= 11 is 0. The van der Waals surface area contributed by atoms with E-state index in [2.05, 4.69) is 38.4 Å². The zero-order valence-electron chi connectivity index (χ0n) is 17.4. The molecule has 1 saturated heterocycles. The van der Waals surface area contributed by atoms with E-state index in [9.17, 15) is 4.79 Å². The molecule has 3 aromatic rings. The first kappa shape index (κ1) is 19.4. The second-order valence-corrected chi connectivity index (χ2v) is 7.86. The van der Waals surface area contributed by atoms with Gasteiger partial charge in [0.25, 0.3) is 5.91 Å². The number of aromatic amines is 1. The van der Waals surface area contributed by atoms with Crippen LogP contribution in [-0.4, -0.2) is 66.9 Å². The number of piperazine rings is 1. The second kappa shape index (κ2) is 8.31. The number of carbonyl (C=O) groups is 1. The van der Waals surface area contributed by atoms with Gasteiger partial charge in [0, 0.05) is 37.9 Å². The molecular formula is C23H25N5O3. The second-order valence-electron chi connectivity index (χ2n) is 7.86. The van der Waals surface area contributed by atoms with E-state index in [1.54, 1.807) is 6.20 Å². The molecule has 1 atom stereocenters. The van der Waals surface area contributed by atoms with E-state index < -0.39 is 6.10 Å². The van der Waals surface area contributed by atoms with Crippen LogP contribution in [0.2, 0.25) is 0 Å². The largest absolute Gasteiger partial charge is 0.485 e. The summed E-state index contributed by atoms with van der Waals surface area (Å²) < 4.78 is 11.6. The summed E-state index contributed by atoms with van der Waals surface area (Å²) in [5.74, 6) is 1.03. The molecular weight excluding hydrogens is 394 g/mol. The zero-order chi connectivity index (χ0) is 21.2. The molecule has 3 heterocycles. The number of ether oxygens (including phenoxy) is 2. The summed E-state index contributed by atoms with van der Waals surface area (Å²) in [6, 6.07) is 13.4. The van der Waals surface area contributed by atoms with E-state index in [1.165, 1.54) is 0 Å². The van der Waals surface area contributed by atoms with Crippen LogP contribution in [0.5, 0.6) is 11.5 Å². The fraction of sp³-hybridized carbons (Fsp3) is 0.304. The van der Waals surface area contributed by atoms with Gasteiger partial charge in [-0.3, -0.25) is 9.89 Å². The zero-order valence-corrected chi connectivity index (χ0v) is 17.4. The van der Waals surface area contributed by atoms with E-state index >= 15 is 0 Å². The molecule has 0 spiro atoms. The summed E-state index contributed by atoms with van der Waals surface area (Å²) in [6.07, 6.45) is 2.96. The Labute approximate surface area is 180 Å². The van der Waals surface area contributed by atoms with Crippen LogP contribution in [0.3, 0.4) is 0 Å². The molecule has 1 aromatic heterocycles.